The maximum atomic E-state index is 13.7. The van der Waals surface area contributed by atoms with Gasteiger partial charge in [-0.25, -0.2) is 8.78 Å². The average molecular weight is 271 g/mol. The Bertz CT molecular complexity index is 518. The number of hydrogen-bond donors (Lipinski definition) is 2. The van der Waals surface area contributed by atoms with E-state index in [1.807, 2.05) is 0 Å². The summed E-state index contributed by atoms with van der Waals surface area (Å²) in [5.41, 5.74) is 9.29. The molecule has 0 spiro atoms. The van der Waals surface area contributed by atoms with Gasteiger partial charge in [0.05, 0.1) is 17.8 Å². The van der Waals surface area contributed by atoms with E-state index in [2.05, 4.69) is 0 Å². The molecule has 0 heterocycles. The monoisotopic (exact) mass is 271 g/mol. The fourth-order valence-electron chi connectivity index (χ4n) is 1.58. The van der Waals surface area contributed by atoms with Crippen LogP contribution in [-0.2, 0) is 4.79 Å². The van der Waals surface area contributed by atoms with Gasteiger partial charge >= 0.3 is 0 Å². The standard InChI is InChI=1S/C12H15F2N3O2/c1-6(2)17(5-10(16)18)12(19)8-3-7(13)4-9(15)11(8)14/h3-4,6H,5,15H2,1-2H3,(H2,16,18). The second-order valence-electron chi connectivity index (χ2n) is 4.35. The normalized spacial score (nSPS) is 10.6. The number of benzene rings is 1. The van der Waals surface area contributed by atoms with Crippen molar-refractivity contribution in [1.82, 2.24) is 4.90 Å². The van der Waals surface area contributed by atoms with Crippen molar-refractivity contribution in [2.75, 3.05) is 12.3 Å². The summed E-state index contributed by atoms with van der Waals surface area (Å²) in [6.07, 6.45) is 0. The summed E-state index contributed by atoms with van der Waals surface area (Å²) >= 11 is 0. The molecule has 0 aliphatic rings. The number of anilines is 1. The van der Waals surface area contributed by atoms with E-state index in [0.717, 1.165) is 17.0 Å². The van der Waals surface area contributed by atoms with Crippen molar-refractivity contribution in [1.29, 1.82) is 0 Å². The Morgan fingerprint density at radius 2 is 1.89 bits per heavy atom. The summed E-state index contributed by atoms with van der Waals surface area (Å²) in [6, 6.07) is 1.12. The molecule has 0 unspecified atom stereocenters. The minimum Gasteiger partial charge on any atom is -0.396 e. The second kappa shape index (κ2) is 5.64. The zero-order chi connectivity index (χ0) is 14.7. The number of nitrogen functional groups attached to an aromatic ring is 1. The fourth-order valence-corrected chi connectivity index (χ4v) is 1.58. The van der Waals surface area contributed by atoms with Gasteiger partial charge < -0.3 is 16.4 Å². The Morgan fingerprint density at radius 1 is 1.32 bits per heavy atom. The van der Waals surface area contributed by atoms with Crippen molar-refractivity contribution in [2.24, 2.45) is 5.73 Å². The van der Waals surface area contributed by atoms with Gasteiger partial charge in [-0.2, -0.15) is 0 Å². The highest BCUT2D eigenvalue weighted by atomic mass is 19.1. The maximum Gasteiger partial charge on any atom is 0.257 e. The summed E-state index contributed by atoms with van der Waals surface area (Å²) in [6.45, 7) is 2.87. The van der Waals surface area contributed by atoms with Crippen LogP contribution in [0.4, 0.5) is 14.5 Å². The molecule has 0 radical (unpaired) electrons. The van der Waals surface area contributed by atoms with E-state index < -0.39 is 40.7 Å². The van der Waals surface area contributed by atoms with Crippen LogP contribution in [0.2, 0.25) is 0 Å². The molecule has 0 saturated heterocycles. The summed E-state index contributed by atoms with van der Waals surface area (Å²) in [5.74, 6) is -3.42. The summed E-state index contributed by atoms with van der Waals surface area (Å²) in [4.78, 5) is 24.0. The molecule has 0 bridgehead atoms. The third kappa shape index (κ3) is 3.40. The van der Waals surface area contributed by atoms with Crippen LogP contribution in [0.5, 0.6) is 0 Å². The highest BCUT2D eigenvalue weighted by Gasteiger charge is 2.24. The van der Waals surface area contributed by atoms with Gasteiger partial charge in [0.25, 0.3) is 5.91 Å². The van der Waals surface area contributed by atoms with Crippen molar-refractivity contribution in [3.63, 3.8) is 0 Å². The van der Waals surface area contributed by atoms with Gasteiger partial charge in [0, 0.05) is 6.04 Å². The molecule has 0 aliphatic carbocycles. The number of amides is 2. The number of nitrogens with two attached hydrogens (primary N) is 2. The predicted molar refractivity (Wildman–Crippen MR) is 66.1 cm³/mol. The van der Waals surface area contributed by atoms with Gasteiger partial charge in [-0.05, 0) is 26.0 Å². The van der Waals surface area contributed by atoms with Crippen LogP contribution in [0.25, 0.3) is 0 Å². The van der Waals surface area contributed by atoms with Crippen LogP contribution in [0, 0.1) is 11.6 Å². The molecule has 1 aromatic carbocycles. The minimum absolute atomic E-state index is 0.383. The Kier molecular flexibility index (Phi) is 4.42. The van der Waals surface area contributed by atoms with Crippen LogP contribution in [0.3, 0.4) is 0 Å². The fraction of sp³-hybridized carbons (Fsp3) is 0.333. The smallest absolute Gasteiger partial charge is 0.257 e. The van der Waals surface area contributed by atoms with Gasteiger partial charge in [0.1, 0.15) is 5.82 Å². The van der Waals surface area contributed by atoms with Gasteiger partial charge in [0.2, 0.25) is 5.91 Å². The maximum absolute atomic E-state index is 13.7. The molecule has 19 heavy (non-hydrogen) atoms. The van der Waals surface area contributed by atoms with E-state index in [-0.39, 0.29) is 6.54 Å². The first-order chi connectivity index (χ1) is 8.73. The van der Waals surface area contributed by atoms with E-state index in [9.17, 15) is 18.4 Å². The molecule has 104 valence electrons. The minimum atomic E-state index is -1.01. The molecule has 4 N–H and O–H groups in total. The first-order valence-electron chi connectivity index (χ1n) is 5.57. The van der Waals surface area contributed by atoms with Crippen molar-refractivity contribution >= 4 is 17.5 Å². The van der Waals surface area contributed by atoms with Gasteiger partial charge in [-0.3, -0.25) is 9.59 Å². The third-order valence-electron chi connectivity index (χ3n) is 2.51. The van der Waals surface area contributed by atoms with Crippen LogP contribution < -0.4 is 11.5 Å². The largest absolute Gasteiger partial charge is 0.396 e. The SMILES string of the molecule is CC(C)N(CC(N)=O)C(=O)c1cc(F)cc(N)c1F. The lowest BCUT2D eigenvalue weighted by Gasteiger charge is -2.25. The van der Waals surface area contributed by atoms with Gasteiger partial charge in [0.15, 0.2) is 5.82 Å². The summed E-state index contributed by atoms with van der Waals surface area (Å²) in [5, 5.41) is 0. The molecule has 1 rings (SSSR count). The van der Waals surface area contributed by atoms with Crippen molar-refractivity contribution in [3.8, 4) is 0 Å². The number of nitrogens with zero attached hydrogens (tertiary/aromatic N) is 1. The molecular weight excluding hydrogens is 256 g/mol. The molecule has 1 aromatic rings. The number of primary amides is 1. The number of carbonyl (C=O) groups excluding carboxylic acids is 2. The van der Waals surface area contributed by atoms with Crippen LogP contribution >= 0.6 is 0 Å². The molecule has 0 aromatic heterocycles. The second-order valence-corrected chi connectivity index (χ2v) is 4.35. The average Bonchev–Trinajstić information content (AvgIpc) is 2.29. The molecule has 0 aliphatic heterocycles. The first-order valence-corrected chi connectivity index (χ1v) is 5.57. The van der Waals surface area contributed by atoms with E-state index in [1.165, 1.54) is 0 Å². The molecule has 0 saturated carbocycles. The summed E-state index contributed by atoms with van der Waals surface area (Å²) < 4.78 is 26.9. The van der Waals surface area contributed by atoms with Gasteiger partial charge in [-0.15, -0.1) is 0 Å². The first kappa shape index (κ1) is 14.9. The van der Waals surface area contributed by atoms with E-state index in [1.54, 1.807) is 13.8 Å². The van der Waals surface area contributed by atoms with Gasteiger partial charge in [-0.1, -0.05) is 0 Å². The number of hydrogen-bond acceptors (Lipinski definition) is 3. The molecule has 5 nitrogen and oxygen atoms in total. The number of carbonyl (C=O) groups is 2. The topological polar surface area (TPSA) is 89.4 Å². The highest BCUT2D eigenvalue weighted by molar-refractivity contribution is 5.97. The van der Waals surface area contributed by atoms with Crippen molar-refractivity contribution in [3.05, 3.63) is 29.3 Å². The lowest BCUT2D eigenvalue weighted by molar-refractivity contribution is -0.119. The molecule has 2 amide bonds. The molecule has 7 heteroatoms. The number of halogens is 2. The molecule has 0 atom stereocenters. The summed E-state index contributed by atoms with van der Waals surface area (Å²) in [7, 11) is 0. The van der Waals surface area contributed by atoms with Crippen LogP contribution in [0.1, 0.15) is 24.2 Å². The van der Waals surface area contributed by atoms with E-state index >= 15 is 0 Å². The zero-order valence-corrected chi connectivity index (χ0v) is 10.6. The quantitative estimate of drug-likeness (QED) is 0.797. The van der Waals surface area contributed by atoms with Crippen molar-refractivity contribution < 1.29 is 18.4 Å². The third-order valence-corrected chi connectivity index (χ3v) is 2.51. The Hall–Kier alpha value is -2.18. The van der Waals surface area contributed by atoms with Crippen LogP contribution in [-0.4, -0.2) is 29.3 Å². The van der Waals surface area contributed by atoms with Crippen molar-refractivity contribution in [2.45, 2.75) is 19.9 Å². The molecule has 0 fully saturated rings. The molecular formula is C12H15F2N3O2. The van der Waals surface area contributed by atoms with E-state index in [4.69, 9.17) is 11.5 Å². The van der Waals surface area contributed by atoms with Crippen LogP contribution in [0.15, 0.2) is 12.1 Å². The Morgan fingerprint density at radius 3 is 2.37 bits per heavy atom. The lowest BCUT2D eigenvalue weighted by Crippen LogP contribution is -2.43. The Balaban J connectivity index is 3.20. The highest BCUT2D eigenvalue weighted by Crippen LogP contribution is 2.19. The lowest BCUT2D eigenvalue weighted by atomic mass is 10.1. The van der Waals surface area contributed by atoms with E-state index in [0.29, 0.717) is 0 Å². The zero-order valence-electron chi connectivity index (χ0n) is 10.6. The Labute approximate surface area is 109 Å². The predicted octanol–water partition coefficient (Wildman–Crippen LogP) is 0.883. The number of rotatable bonds is 4.